The third-order valence-electron chi connectivity index (χ3n) is 8.04. The van der Waals surface area contributed by atoms with E-state index in [0.29, 0.717) is 30.3 Å². The van der Waals surface area contributed by atoms with E-state index in [2.05, 4.69) is 26.5 Å². The number of amides is 1. The van der Waals surface area contributed by atoms with Crippen LogP contribution in [0.4, 0.5) is 17.3 Å². The number of rotatable bonds is 6. The van der Waals surface area contributed by atoms with Crippen LogP contribution >= 0.6 is 11.6 Å². The Morgan fingerprint density at radius 3 is 2.51 bits per heavy atom. The molecular formula is C27H35ClN8O4S. The van der Waals surface area contributed by atoms with Crippen LogP contribution in [0.1, 0.15) is 41.4 Å². The second-order valence-electron chi connectivity index (χ2n) is 11.2. The molecule has 3 aliphatic rings. The third kappa shape index (κ3) is 5.81. The lowest BCUT2D eigenvalue weighted by Gasteiger charge is -2.38. The van der Waals surface area contributed by atoms with Gasteiger partial charge in [-0.05, 0) is 44.5 Å². The minimum atomic E-state index is -3.61. The molecule has 2 aromatic heterocycles. The van der Waals surface area contributed by atoms with E-state index in [1.165, 1.54) is 12.1 Å². The Morgan fingerprint density at radius 1 is 1.05 bits per heavy atom. The molecule has 2 N–H and O–H groups in total. The summed E-state index contributed by atoms with van der Waals surface area (Å²) in [6, 6.07) is 8.26. The number of halogens is 1. The van der Waals surface area contributed by atoms with Crippen molar-refractivity contribution < 1.29 is 18.3 Å². The number of hydrogen-bond acceptors (Lipinski definition) is 9. The Kier molecular flexibility index (Phi) is 7.47. The highest BCUT2D eigenvalue weighted by Gasteiger charge is 2.34. The Morgan fingerprint density at radius 2 is 1.80 bits per heavy atom. The number of anilines is 3. The van der Waals surface area contributed by atoms with Gasteiger partial charge in [0.25, 0.3) is 5.91 Å². The van der Waals surface area contributed by atoms with Gasteiger partial charge in [0.15, 0.2) is 5.65 Å². The Balaban J connectivity index is 1.38. The summed E-state index contributed by atoms with van der Waals surface area (Å²) in [6.45, 7) is 5.17. The van der Waals surface area contributed by atoms with E-state index in [0.717, 1.165) is 69.0 Å². The molecule has 0 bridgehead atoms. The van der Waals surface area contributed by atoms with Crippen LogP contribution < -0.4 is 14.5 Å². The van der Waals surface area contributed by atoms with Crippen LogP contribution in [-0.4, -0.2) is 109 Å². The topological polar surface area (TPSA) is 127 Å². The van der Waals surface area contributed by atoms with Gasteiger partial charge in [-0.25, -0.2) is 13.4 Å². The average molecular weight is 603 g/mol. The summed E-state index contributed by atoms with van der Waals surface area (Å²) in [5, 5.41) is 15.3. The monoisotopic (exact) mass is 602 g/mol. The Labute approximate surface area is 244 Å². The third-order valence-corrected chi connectivity index (χ3v) is 8.87. The number of carbonyl (C=O) groups excluding carboxylic acids is 1. The minimum Gasteiger partial charge on any atom is -0.389 e. The molecule has 0 spiro atoms. The first-order valence-electron chi connectivity index (χ1n) is 13.9. The lowest BCUT2D eigenvalue weighted by Crippen LogP contribution is -2.51. The maximum atomic E-state index is 14.0. The summed E-state index contributed by atoms with van der Waals surface area (Å²) in [4.78, 5) is 27.3. The zero-order chi connectivity index (χ0) is 28.9. The van der Waals surface area contributed by atoms with Crippen molar-refractivity contribution in [1.29, 1.82) is 0 Å². The van der Waals surface area contributed by atoms with Gasteiger partial charge in [-0.1, -0.05) is 11.6 Å². The SMILES string of the molecule is CN1CCN(c2cc(N3CC(O)C3)nc3cc(C4CCCCN4C(=O)c4cc(Cl)ccc4NS(C)(=O)=O)nn23)CC1. The maximum Gasteiger partial charge on any atom is 0.256 e. The number of fused-ring (bicyclic) bond motifs is 1. The number of sulfonamides is 1. The number of benzene rings is 1. The smallest absolute Gasteiger partial charge is 0.256 e. The van der Waals surface area contributed by atoms with Crippen molar-refractivity contribution in [3.8, 4) is 0 Å². The highest BCUT2D eigenvalue weighted by molar-refractivity contribution is 7.92. The fourth-order valence-electron chi connectivity index (χ4n) is 5.81. The number of likely N-dealkylation sites (tertiary alicyclic amines) is 1. The summed E-state index contributed by atoms with van der Waals surface area (Å²) in [6.07, 6.45) is 3.19. The van der Waals surface area contributed by atoms with Gasteiger partial charge in [-0.3, -0.25) is 9.52 Å². The normalized spacial score (nSPS) is 20.9. The molecule has 0 aliphatic carbocycles. The number of aliphatic hydroxyl groups excluding tert-OH is 1. The van der Waals surface area contributed by atoms with Gasteiger partial charge in [0.2, 0.25) is 10.0 Å². The molecule has 3 aromatic rings. The van der Waals surface area contributed by atoms with Crippen LogP contribution in [0, 0.1) is 0 Å². The van der Waals surface area contributed by atoms with Crippen molar-refractivity contribution >= 4 is 50.5 Å². The van der Waals surface area contributed by atoms with E-state index in [1.807, 2.05) is 16.6 Å². The van der Waals surface area contributed by atoms with Crippen molar-refractivity contribution in [2.75, 3.05) is 73.6 Å². The first-order valence-corrected chi connectivity index (χ1v) is 16.2. The number of carbonyl (C=O) groups is 1. The van der Waals surface area contributed by atoms with Crippen molar-refractivity contribution in [2.24, 2.45) is 0 Å². The first kappa shape index (κ1) is 28.0. The van der Waals surface area contributed by atoms with Crippen LogP contribution in [0.15, 0.2) is 30.3 Å². The van der Waals surface area contributed by atoms with Gasteiger partial charge in [-0.15, -0.1) is 0 Å². The Hall–Kier alpha value is -3.13. The molecule has 6 rings (SSSR count). The molecule has 41 heavy (non-hydrogen) atoms. The quantitative estimate of drug-likeness (QED) is 0.436. The van der Waals surface area contributed by atoms with E-state index >= 15 is 0 Å². The summed E-state index contributed by atoms with van der Waals surface area (Å²) in [7, 11) is -1.49. The van der Waals surface area contributed by atoms with Gasteiger partial charge in [0.05, 0.1) is 35.3 Å². The molecule has 3 fully saturated rings. The number of nitrogens with zero attached hydrogens (tertiary/aromatic N) is 7. The standard InChI is InChI=1S/C27H35ClN8O4S/c1-32-9-11-33(12-10-32)26-15-24(34-16-19(37)17-34)29-25-14-22(30-36(25)26)23-5-3-4-8-35(23)27(38)20-13-18(28)6-7-21(20)31-41(2,39)40/h6-7,13-15,19,23,31,37H,3-5,8-12,16-17H2,1-2H3. The van der Waals surface area contributed by atoms with Crippen molar-refractivity contribution in [1.82, 2.24) is 24.4 Å². The predicted octanol–water partition coefficient (Wildman–Crippen LogP) is 2.05. The van der Waals surface area contributed by atoms with Crippen LogP contribution in [0.3, 0.4) is 0 Å². The van der Waals surface area contributed by atoms with E-state index in [-0.39, 0.29) is 29.3 Å². The van der Waals surface area contributed by atoms with Crippen LogP contribution in [0.25, 0.3) is 5.65 Å². The molecule has 3 aliphatic heterocycles. The zero-order valence-electron chi connectivity index (χ0n) is 23.2. The average Bonchev–Trinajstić information content (AvgIpc) is 3.35. The van der Waals surface area contributed by atoms with Gasteiger partial charge < -0.3 is 24.7 Å². The van der Waals surface area contributed by atoms with Crippen LogP contribution in [0.2, 0.25) is 5.02 Å². The lowest BCUT2D eigenvalue weighted by atomic mass is 9.98. The van der Waals surface area contributed by atoms with Crippen LogP contribution in [0.5, 0.6) is 0 Å². The fraction of sp³-hybridized carbons (Fsp3) is 0.519. The molecule has 1 amide bonds. The molecule has 1 unspecified atom stereocenters. The number of piperidine rings is 1. The minimum absolute atomic E-state index is 0.196. The molecule has 220 valence electrons. The molecular weight excluding hydrogens is 568 g/mol. The molecule has 12 nitrogen and oxygen atoms in total. The number of piperazine rings is 1. The summed E-state index contributed by atoms with van der Waals surface area (Å²) >= 11 is 6.24. The molecule has 0 saturated carbocycles. The number of aliphatic hydroxyl groups is 1. The number of β-amino-alcohol motifs (C(OH)–C–C–N with tert-alkyl or cyclic N) is 1. The molecule has 3 saturated heterocycles. The van der Waals surface area contributed by atoms with Gasteiger partial charge in [-0.2, -0.15) is 9.61 Å². The fourth-order valence-corrected chi connectivity index (χ4v) is 6.56. The summed E-state index contributed by atoms with van der Waals surface area (Å²) in [5.74, 6) is 1.44. The molecule has 5 heterocycles. The highest BCUT2D eigenvalue weighted by atomic mass is 35.5. The number of hydrogen-bond donors (Lipinski definition) is 2. The van der Waals surface area contributed by atoms with Gasteiger partial charge in [0, 0.05) is 63.0 Å². The summed E-state index contributed by atoms with van der Waals surface area (Å²) in [5.41, 5.74) is 1.82. The second-order valence-corrected chi connectivity index (χ2v) is 13.4. The molecule has 1 atom stereocenters. The Bertz CT molecular complexity index is 1570. The van der Waals surface area contributed by atoms with Gasteiger partial charge in [0.1, 0.15) is 11.6 Å². The largest absolute Gasteiger partial charge is 0.389 e. The molecule has 0 radical (unpaired) electrons. The second kappa shape index (κ2) is 10.9. The van der Waals surface area contributed by atoms with Crippen LogP contribution in [-0.2, 0) is 10.0 Å². The zero-order valence-corrected chi connectivity index (χ0v) is 24.8. The first-order chi connectivity index (χ1) is 19.6. The van der Waals surface area contributed by atoms with E-state index < -0.39 is 10.0 Å². The number of aromatic nitrogens is 3. The van der Waals surface area contributed by atoms with Crippen molar-refractivity contribution in [3.63, 3.8) is 0 Å². The van der Waals surface area contributed by atoms with Crippen molar-refractivity contribution in [2.45, 2.75) is 31.4 Å². The lowest BCUT2D eigenvalue weighted by molar-refractivity contribution is 0.0607. The molecule has 14 heteroatoms. The number of likely N-dealkylation sites (N-methyl/N-ethyl adjacent to an activating group) is 1. The summed E-state index contributed by atoms with van der Waals surface area (Å²) < 4.78 is 28.3. The molecule has 1 aromatic carbocycles. The highest BCUT2D eigenvalue weighted by Crippen LogP contribution is 2.35. The van der Waals surface area contributed by atoms with Crippen molar-refractivity contribution in [3.05, 3.63) is 46.6 Å². The van der Waals surface area contributed by atoms with E-state index in [1.54, 1.807) is 11.0 Å². The van der Waals surface area contributed by atoms with E-state index in [4.69, 9.17) is 21.7 Å². The maximum absolute atomic E-state index is 14.0. The number of nitrogens with one attached hydrogen (secondary N) is 1. The van der Waals surface area contributed by atoms with E-state index in [9.17, 15) is 18.3 Å². The predicted molar refractivity (Wildman–Crippen MR) is 158 cm³/mol. The van der Waals surface area contributed by atoms with Gasteiger partial charge >= 0.3 is 0 Å².